The number of rotatable bonds is 5. The number of benzene rings is 3. The van der Waals surface area contributed by atoms with Gasteiger partial charge in [-0.25, -0.2) is 4.79 Å². The van der Waals surface area contributed by atoms with Crippen molar-refractivity contribution in [3.05, 3.63) is 93.8 Å². The minimum Gasteiger partial charge on any atom is -0.497 e. The fourth-order valence-electron chi connectivity index (χ4n) is 4.47. The third-order valence-corrected chi connectivity index (χ3v) is 6.16. The van der Waals surface area contributed by atoms with E-state index in [9.17, 15) is 4.79 Å². The number of hydrogen-bond acceptors (Lipinski definition) is 4. The minimum atomic E-state index is -0.345. The standard InChI is InChI=1S/C27H25NO4/c1-18-26-21(16-28(17-31-26)13-12-19-8-10-22(30-2)11-9-19)14-24-23(15-25(29)32-27(18)24)20-6-4-3-5-7-20/h3-11,14-15H,12-13,16-17H2,1-2H3/p+1. The summed E-state index contributed by atoms with van der Waals surface area (Å²) in [5.74, 6) is 1.72. The van der Waals surface area contributed by atoms with Crippen LogP contribution >= 0.6 is 0 Å². The van der Waals surface area contributed by atoms with Crippen LogP contribution in [0.1, 0.15) is 16.7 Å². The molecule has 162 valence electrons. The maximum absolute atomic E-state index is 12.3. The summed E-state index contributed by atoms with van der Waals surface area (Å²) in [7, 11) is 1.68. The Morgan fingerprint density at radius 3 is 2.56 bits per heavy atom. The van der Waals surface area contributed by atoms with Crippen LogP contribution in [-0.2, 0) is 13.0 Å². The molecule has 5 heteroatoms. The highest BCUT2D eigenvalue weighted by Gasteiger charge is 2.25. The molecule has 1 aliphatic rings. The van der Waals surface area contributed by atoms with Gasteiger partial charge >= 0.3 is 5.63 Å². The van der Waals surface area contributed by atoms with Crippen LogP contribution in [0.15, 0.2) is 75.9 Å². The maximum atomic E-state index is 12.3. The van der Waals surface area contributed by atoms with E-state index in [1.165, 1.54) is 10.5 Å². The van der Waals surface area contributed by atoms with Gasteiger partial charge in [-0.3, -0.25) is 4.90 Å². The van der Waals surface area contributed by atoms with Gasteiger partial charge in [0.05, 0.1) is 13.7 Å². The van der Waals surface area contributed by atoms with E-state index < -0.39 is 0 Å². The molecule has 1 aromatic heterocycles. The summed E-state index contributed by atoms with van der Waals surface area (Å²) in [5, 5.41) is 0.951. The molecule has 0 amide bonds. The van der Waals surface area contributed by atoms with Gasteiger partial charge in [0, 0.05) is 29.0 Å². The molecule has 1 N–H and O–H groups in total. The lowest BCUT2D eigenvalue weighted by Crippen LogP contribution is -3.12. The predicted octanol–water partition coefficient (Wildman–Crippen LogP) is 3.75. The number of ether oxygens (including phenoxy) is 2. The van der Waals surface area contributed by atoms with Crippen LogP contribution in [0, 0.1) is 6.92 Å². The topological polar surface area (TPSA) is 53.1 Å². The predicted molar refractivity (Wildman–Crippen MR) is 124 cm³/mol. The Morgan fingerprint density at radius 1 is 1.03 bits per heavy atom. The van der Waals surface area contributed by atoms with Crippen LogP contribution < -0.4 is 20.0 Å². The molecule has 0 saturated carbocycles. The zero-order chi connectivity index (χ0) is 22.1. The zero-order valence-electron chi connectivity index (χ0n) is 18.3. The molecule has 0 aliphatic carbocycles. The van der Waals surface area contributed by atoms with Gasteiger partial charge < -0.3 is 13.9 Å². The first-order valence-corrected chi connectivity index (χ1v) is 10.9. The highest BCUT2D eigenvalue weighted by Crippen LogP contribution is 2.36. The second-order valence-corrected chi connectivity index (χ2v) is 8.28. The van der Waals surface area contributed by atoms with Crippen molar-refractivity contribution in [1.29, 1.82) is 0 Å². The first-order valence-electron chi connectivity index (χ1n) is 10.9. The lowest BCUT2D eigenvalue weighted by Gasteiger charge is -2.28. The van der Waals surface area contributed by atoms with Gasteiger partial charge in [0.15, 0.2) is 0 Å². The summed E-state index contributed by atoms with van der Waals surface area (Å²) < 4.78 is 17.0. The minimum absolute atomic E-state index is 0.345. The molecular formula is C27H26NO4+. The molecule has 5 nitrogen and oxygen atoms in total. The molecule has 2 heterocycles. The van der Waals surface area contributed by atoms with Crippen molar-refractivity contribution in [1.82, 2.24) is 0 Å². The smallest absolute Gasteiger partial charge is 0.336 e. The van der Waals surface area contributed by atoms with Crippen molar-refractivity contribution in [3.8, 4) is 22.6 Å². The molecule has 0 spiro atoms. The molecule has 4 aromatic rings. The van der Waals surface area contributed by atoms with Crippen molar-refractivity contribution in [3.63, 3.8) is 0 Å². The molecule has 1 atom stereocenters. The number of hydrogen-bond donors (Lipinski definition) is 1. The van der Waals surface area contributed by atoms with Gasteiger partial charge in [0.1, 0.15) is 23.6 Å². The first kappa shape index (κ1) is 20.3. The molecular weight excluding hydrogens is 402 g/mol. The molecule has 0 radical (unpaired) electrons. The van der Waals surface area contributed by atoms with E-state index in [1.807, 2.05) is 49.4 Å². The quantitative estimate of drug-likeness (QED) is 0.492. The fourth-order valence-corrected chi connectivity index (χ4v) is 4.47. The summed E-state index contributed by atoms with van der Waals surface area (Å²) in [5.41, 5.74) is 5.49. The van der Waals surface area contributed by atoms with E-state index >= 15 is 0 Å². The maximum Gasteiger partial charge on any atom is 0.336 e. The molecule has 32 heavy (non-hydrogen) atoms. The van der Waals surface area contributed by atoms with Crippen molar-refractivity contribution >= 4 is 11.0 Å². The Hall–Kier alpha value is -3.57. The van der Waals surface area contributed by atoms with Crippen LogP contribution in [0.25, 0.3) is 22.1 Å². The Kier molecular flexibility index (Phi) is 5.41. The summed E-state index contributed by atoms with van der Waals surface area (Å²) >= 11 is 0. The van der Waals surface area contributed by atoms with E-state index in [1.54, 1.807) is 13.2 Å². The normalized spacial score (nSPS) is 15.2. The van der Waals surface area contributed by atoms with Crippen molar-refractivity contribution in [2.75, 3.05) is 20.4 Å². The molecule has 1 aliphatic heterocycles. The summed E-state index contributed by atoms with van der Waals surface area (Å²) in [6.45, 7) is 4.41. The van der Waals surface area contributed by atoms with Crippen LogP contribution in [0.3, 0.4) is 0 Å². The van der Waals surface area contributed by atoms with Crippen LogP contribution in [0.4, 0.5) is 0 Å². The third-order valence-electron chi connectivity index (χ3n) is 6.16. The monoisotopic (exact) mass is 428 g/mol. The molecule has 3 aromatic carbocycles. The van der Waals surface area contributed by atoms with Crippen LogP contribution in [-0.4, -0.2) is 20.4 Å². The van der Waals surface area contributed by atoms with Gasteiger partial charge in [0.2, 0.25) is 6.73 Å². The van der Waals surface area contributed by atoms with Crippen LogP contribution in [0.2, 0.25) is 0 Å². The number of quaternary nitrogens is 1. The highest BCUT2D eigenvalue weighted by molar-refractivity contribution is 5.96. The summed E-state index contributed by atoms with van der Waals surface area (Å²) in [4.78, 5) is 13.7. The lowest BCUT2D eigenvalue weighted by atomic mass is 9.97. The molecule has 0 saturated heterocycles. The van der Waals surface area contributed by atoms with Crippen molar-refractivity contribution in [2.24, 2.45) is 0 Å². The van der Waals surface area contributed by atoms with Gasteiger partial charge in [-0.05, 0) is 41.8 Å². The number of nitrogens with one attached hydrogen (secondary N) is 1. The Morgan fingerprint density at radius 2 is 1.81 bits per heavy atom. The molecule has 1 unspecified atom stereocenters. The largest absolute Gasteiger partial charge is 0.497 e. The molecule has 5 rings (SSSR count). The third kappa shape index (κ3) is 3.87. The van der Waals surface area contributed by atoms with Crippen LogP contribution in [0.5, 0.6) is 11.5 Å². The van der Waals surface area contributed by atoms with E-state index in [0.717, 1.165) is 58.6 Å². The zero-order valence-corrected chi connectivity index (χ0v) is 18.3. The highest BCUT2D eigenvalue weighted by atomic mass is 16.5. The van der Waals surface area contributed by atoms with E-state index in [2.05, 4.69) is 18.2 Å². The van der Waals surface area contributed by atoms with E-state index in [-0.39, 0.29) is 5.63 Å². The molecule has 0 fully saturated rings. The SMILES string of the molecule is COc1ccc(CC[NH+]2COc3c(cc4c(-c5ccccc5)cc(=O)oc4c3C)C2)cc1. The fraction of sp³-hybridized carbons (Fsp3) is 0.222. The second-order valence-electron chi connectivity index (χ2n) is 8.28. The summed E-state index contributed by atoms with van der Waals surface area (Å²) in [6.07, 6.45) is 0.967. The Labute approximate surface area is 186 Å². The Balaban J connectivity index is 1.45. The van der Waals surface area contributed by atoms with Gasteiger partial charge in [-0.1, -0.05) is 42.5 Å². The lowest BCUT2D eigenvalue weighted by molar-refractivity contribution is -0.932. The Bertz CT molecular complexity index is 1310. The first-order chi connectivity index (χ1) is 15.6. The van der Waals surface area contributed by atoms with E-state index in [4.69, 9.17) is 13.9 Å². The van der Waals surface area contributed by atoms with Crippen molar-refractivity contribution in [2.45, 2.75) is 19.9 Å². The van der Waals surface area contributed by atoms with E-state index in [0.29, 0.717) is 12.3 Å². The average Bonchev–Trinajstić information content (AvgIpc) is 2.84. The number of methoxy groups -OCH3 is 1. The van der Waals surface area contributed by atoms with Gasteiger partial charge in [0.25, 0.3) is 0 Å². The average molecular weight is 429 g/mol. The second kappa shape index (κ2) is 8.52. The summed E-state index contributed by atoms with van der Waals surface area (Å²) in [6, 6.07) is 21.9. The number of aryl methyl sites for hydroxylation is 1. The number of fused-ring (bicyclic) bond motifs is 2. The van der Waals surface area contributed by atoms with Gasteiger partial charge in [-0.2, -0.15) is 0 Å². The molecule has 0 bridgehead atoms. The van der Waals surface area contributed by atoms with Gasteiger partial charge in [-0.15, -0.1) is 0 Å². The van der Waals surface area contributed by atoms with Crippen molar-refractivity contribution < 1.29 is 18.8 Å².